The first kappa shape index (κ1) is 22.7. The van der Waals surface area contributed by atoms with Gasteiger partial charge in [0.2, 0.25) is 5.88 Å². The number of hydrogen-bond acceptors (Lipinski definition) is 4. The van der Waals surface area contributed by atoms with Gasteiger partial charge in [0.05, 0.1) is 18.1 Å². The highest BCUT2D eigenvalue weighted by atomic mass is 19.1. The van der Waals surface area contributed by atoms with Crippen molar-refractivity contribution in [3.63, 3.8) is 0 Å². The fraction of sp³-hybridized carbons (Fsp3) is 0.0667. The molecule has 3 aromatic heterocycles. The highest BCUT2D eigenvalue weighted by Crippen LogP contribution is 2.37. The molecule has 6 rings (SSSR count). The van der Waals surface area contributed by atoms with Gasteiger partial charge in [0, 0.05) is 40.9 Å². The molecule has 0 saturated carbocycles. The van der Waals surface area contributed by atoms with Crippen LogP contribution in [0.2, 0.25) is 0 Å². The van der Waals surface area contributed by atoms with Crippen LogP contribution in [-0.4, -0.2) is 21.6 Å². The van der Waals surface area contributed by atoms with Crippen LogP contribution >= 0.6 is 0 Å². The van der Waals surface area contributed by atoms with Crippen molar-refractivity contribution in [2.45, 2.75) is 6.92 Å². The lowest BCUT2D eigenvalue weighted by atomic mass is 10.0. The summed E-state index contributed by atoms with van der Waals surface area (Å²) in [6.45, 7) is 2.00. The van der Waals surface area contributed by atoms with Gasteiger partial charge in [-0.15, -0.1) is 0 Å². The van der Waals surface area contributed by atoms with E-state index in [1.807, 2.05) is 47.9 Å². The number of methoxy groups -OCH3 is 1. The molecule has 5 nitrogen and oxygen atoms in total. The van der Waals surface area contributed by atoms with Crippen molar-refractivity contribution in [3.8, 4) is 34.3 Å². The molecule has 0 saturated heterocycles. The molecule has 0 aliphatic heterocycles. The number of benzene rings is 3. The normalized spacial score (nSPS) is 11.2. The third-order valence-corrected chi connectivity index (χ3v) is 6.24. The Kier molecular flexibility index (Phi) is 5.53. The number of rotatable bonds is 5. The second-order valence-corrected chi connectivity index (χ2v) is 8.70. The van der Waals surface area contributed by atoms with Crippen molar-refractivity contribution in [1.82, 2.24) is 14.5 Å². The molecule has 0 bridgehead atoms. The van der Waals surface area contributed by atoms with Crippen LogP contribution in [0.25, 0.3) is 38.8 Å². The second kappa shape index (κ2) is 9.02. The van der Waals surface area contributed by atoms with E-state index in [4.69, 9.17) is 9.47 Å². The van der Waals surface area contributed by atoms with Crippen molar-refractivity contribution in [3.05, 3.63) is 108 Å². The Hall–Kier alpha value is -4.78. The molecule has 0 amide bonds. The molecule has 0 aliphatic rings. The molecule has 0 fully saturated rings. The number of ether oxygens (including phenoxy) is 2. The van der Waals surface area contributed by atoms with Gasteiger partial charge in [-0.3, -0.25) is 4.57 Å². The number of para-hydroxylation sites is 1. The molecule has 0 unspecified atom stereocenters. The van der Waals surface area contributed by atoms with Gasteiger partial charge >= 0.3 is 0 Å². The van der Waals surface area contributed by atoms with Gasteiger partial charge in [0.1, 0.15) is 29.0 Å². The molecule has 0 radical (unpaired) electrons. The summed E-state index contributed by atoms with van der Waals surface area (Å²) in [5.74, 6) is 0.667. The Labute approximate surface area is 211 Å². The third-order valence-electron chi connectivity index (χ3n) is 6.24. The number of pyridine rings is 2. The van der Waals surface area contributed by atoms with E-state index < -0.39 is 11.6 Å². The van der Waals surface area contributed by atoms with E-state index in [2.05, 4.69) is 9.97 Å². The van der Waals surface area contributed by atoms with Gasteiger partial charge in [0.25, 0.3) is 0 Å². The van der Waals surface area contributed by atoms with Crippen LogP contribution in [-0.2, 0) is 0 Å². The summed E-state index contributed by atoms with van der Waals surface area (Å²) in [6, 6.07) is 22.3. The van der Waals surface area contributed by atoms with Gasteiger partial charge in [-0.2, -0.15) is 0 Å². The molecule has 3 heterocycles. The minimum Gasteiger partial charge on any atom is -0.497 e. The molecule has 3 aromatic carbocycles. The average molecular weight is 494 g/mol. The summed E-state index contributed by atoms with van der Waals surface area (Å²) in [7, 11) is 1.53. The van der Waals surface area contributed by atoms with Crippen LogP contribution in [0.5, 0.6) is 17.4 Å². The number of fused-ring (bicyclic) bond motifs is 3. The van der Waals surface area contributed by atoms with Crippen LogP contribution < -0.4 is 9.47 Å². The number of halogens is 2. The van der Waals surface area contributed by atoms with Crippen LogP contribution in [0.1, 0.15) is 5.56 Å². The maximum Gasteiger partial charge on any atom is 0.222 e. The highest BCUT2D eigenvalue weighted by Gasteiger charge is 2.18. The zero-order valence-corrected chi connectivity index (χ0v) is 20.1. The first-order chi connectivity index (χ1) is 18.0. The monoisotopic (exact) mass is 493 g/mol. The van der Waals surface area contributed by atoms with E-state index in [-0.39, 0.29) is 17.2 Å². The van der Waals surface area contributed by atoms with E-state index in [1.165, 1.54) is 31.5 Å². The van der Waals surface area contributed by atoms with Crippen LogP contribution in [0.4, 0.5) is 8.78 Å². The van der Waals surface area contributed by atoms with Gasteiger partial charge in [0.15, 0.2) is 0 Å². The lowest BCUT2D eigenvalue weighted by Gasteiger charge is -2.11. The number of aromatic nitrogens is 3. The summed E-state index contributed by atoms with van der Waals surface area (Å²) in [5.41, 5.74) is 3.30. The number of aryl methyl sites for hydroxylation is 1. The summed E-state index contributed by atoms with van der Waals surface area (Å²) in [5, 5.41) is 1.65. The van der Waals surface area contributed by atoms with Crippen molar-refractivity contribution in [2.24, 2.45) is 0 Å². The molecule has 182 valence electrons. The van der Waals surface area contributed by atoms with Crippen molar-refractivity contribution in [2.75, 3.05) is 7.11 Å². The summed E-state index contributed by atoms with van der Waals surface area (Å²) in [4.78, 5) is 8.71. The molecule has 37 heavy (non-hydrogen) atoms. The van der Waals surface area contributed by atoms with E-state index in [0.29, 0.717) is 11.3 Å². The van der Waals surface area contributed by atoms with Crippen LogP contribution in [0.3, 0.4) is 0 Å². The fourth-order valence-electron chi connectivity index (χ4n) is 4.57. The minimum atomic E-state index is -0.559. The van der Waals surface area contributed by atoms with Crippen LogP contribution in [0.15, 0.2) is 91.3 Å². The minimum absolute atomic E-state index is 0.191. The quantitative estimate of drug-likeness (QED) is 0.248. The summed E-state index contributed by atoms with van der Waals surface area (Å²) >= 11 is 0. The zero-order chi connectivity index (χ0) is 25.5. The largest absolute Gasteiger partial charge is 0.497 e. The maximum atomic E-state index is 15.6. The molecule has 6 aromatic rings. The molecule has 0 N–H and O–H groups in total. The number of hydrogen-bond donors (Lipinski definition) is 0. The Morgan fingerprint density at radius 2 is 1.59 bits per heavy atom. The molecule has 7 heteroatoms. The van der Waals surface area contributed by atoms with E-state index in [1.54, 1.807) is 30.5 Å². The summed E-state index contributed by atoms with van der Waals surface area (Å²) in [6.07, 6.45) is 3.28. The van der Waals surface area contributed by atoms with Crippen LogP contribution in [0, 0.1) is 18.6 Å². The van der Waals surface area contributed by atoms with Crippen molar-refractivity contribution < 1.29 is 18.3 Å². The van der Waals surface area contributed by atoms with Crippen molar-refractivity contribution in [1.29, 1.82) is 0 Å². The lowest BCUT2D eigenvalue weighted by Crippen LogP contribution is -1.98. The molecular weight excluding hydrogens is 472 g/mol. The van der Waals surface area contributed by atoms with E-state index in [0.717, 1.165) is 33.2 Å². The van der Waals surface area contributed by atoms with Gasteiger partial charge in [-0.05, 0) is 66.6 Å². The Bertz CT molecular complexity index is 1800. The molecule has 0 spiro atoms. The lowest BCUT2D eigenvalue weighted by molar-refractivity contribution is 0.404. The van der Waals surface area contributed by atoms with E-state index in [9.17, 15) is 4.39 Å². The zero-order valence-electron chi connectivity index (χ0n) is 20.1. The third kappa shape index (κ3) is 4.14. The summed E-state index contributed by atoms with van der Waals surface area (Å²) < 4.78 is 43.3. The Morgan fingerprint density at radius 3 is 2.43 bits per heavy atom. The Balaban J connectivity index is 1.53. The smallest absolute Gasteiger partial charge is 0.222 e. The van der Waals surface area contributed by atoms with Crippen molar-refractivity contribution >= 4 is 21.8 Å². The molecular formula is C30H21F2N3O2. The highest BCUT2D eigenvalue weighted by molar-refractivity contribution is 6.10. The first-order valence-corrected chi connectivity index (χ1v) is 11.6. The SMILES string of the molecule is COc1ccnc(Oc2cc(F)cc(-c3cc4c(cc3F)c3ccccc3n4-c3cc(C)ccn3)c2)c1. The molecule has 0 aliphatic carbocycles. The predicted octanol–water partition coefficient (Wildman–Crippen LogP) is 7.63. The molecule has 0 atom stereocenters. The van der Waals surface area contributed by atoms with E-state index >= 15 is 4.39 Å². The maximum absolute atomic E-state index is 15.6. The van der Waals surface area contributed by atoms with Gasteiger partial charge < -0.3 is 9.47 Å². The standard InChI is InChI=1S/C30H21F2N3O2/c1-18-7-9-33-29(11-18)35-27-6-4-3-5-23(27)25-16-26(32)24(17-28(25)35)19-12-20(31)14-22(13-19)37-30-15-21(36-2)8-10-34-30/h3-17H,1-2H3. The Morgan fingerprint density at radius 1 is 0.757 bits per heavy atom. The van der Waals surface area contributed by atoms with Gasteiger partial charge in [-0.25, -0.2) is 18.7 Å². The first-order valence-electron chi connectivity index (χ1n) is 11.6. The topological polar surface area (TPSA) is 49.2 Å². The number of nitrogens with zero attached hydrogens (tertiary/aromatic N) is 3. The average Bonchev–Trinajstić information content (AvgIpc) is 3.21. The fourth-order valence-corrected chi connectivity index (χ4v) is 4.57. The van der Waals surface area contributed by atoms with Gasteiger partial charge in [-0.1, -0.05) is 18.2 Å². The predicted molar refractivity (Wildman–Crippen MR) is 140 cm³/mol. The second-order valence-electron chi connectivity index (χ2n) is 8.70.